The predicted octanol–water partition coefficient (Wildman–Crippen LogP) is 7.45. The van der Waals surface area contributed by atoms with Crippen molar-refractivity contribution < 1.29 is 12.6 Å². The van der Waals surface area contributed by atoms with Crippen molar-refractivity contribution in [1.29, 1.82) is 0 Å². The number of rotatable bonds is 7. The molecular formula is C26H18BrCl2N3O3S. The molecule has 0 radical (unpaired) electrons. The summed E-state index contributed by atoms with van der Waals surface area (Å²) in [7, 11) is -4.28. The molecule has 1 N–H and O–H groups in total. The van der Waals surface area contributed by atoms with Crippen LogP contribution >= 0.6 is 39.1 Å². The number of anilines is 1. The standard InChI is InChI=1S/C26H18BrCl2N3O3S/c27-18-10-13-24-31-25(26(32(24)16-18)30-15-17-6-2-1-3-7-17)20-8-4-5-9-22(20)35-36(33,34)23-14-19(28)11-12-21(23)29/h1-14,16,30H,15H2. The Hall–Kier alpha value is -3.04. The van der Waals surface area contributed by atoms with E-state index in [0.717, 1.165) is 10.0 Å². The van der Waals surface area contributed by atoms with E-state index >= 15 is 0 Å². The van der Waals surface area contributed by atoms with Crippen LogP contribution in [0.1, 0.15) is 5.56 Å². The summed E-state index contributed by atoms with van der Waals surface area (Å²) in [6.45, 7) is 0.535. The molecule has 2 heterocycles. The van der Waals surface area contributed by atoms with Crippen molar-refractivity contribution in [2.45, 2.75) is 11.4 Å². The summed E-state index contributed by atoms with van der Waals surface area (Å²) in [5.74, 6) is 0.795. The normalized spacial score (nSPS) is 11.5. The van der Waals surface area contributed by atoms with Crippen LogP contribution in [0.5, 0.6) is 5.75 Å². The average Bonchev–Trinajstić information content (AvgIpc) is 3.22. The number of para-hydroxylation sites is 1. The minimum Gasteiger partial charge on any atom is -0.378 e. The lowest BCUT2D eigenvalue weighted by molar-refractivity contribution is 0.487. The lowest BCUT2D eigenvalue weighted by Gasteiger charge is -2.13. The van der Waals surface area contributed by atoms with Crippen LogP contribution in [0.25, 0.3) is 16.9 Å². The molecule has 0 aliphatic rings. The van der Waals surface area contributed by atoms with Crippen LogP contribution in [0.2, 0.25) is 10.0 Å². The van der Waals surface area contributed by atoms with Crippen molar-refractivity contribution >= 4 is 60.7 Å². The van der Waals surface area contributed by atoms with E-state index in [0.29, 0.717) is 29.3 Å². The summed E-state index contributed by atoms with van der Waals surface area (Å²) in [5.41, 5.74) is 2.79. The van der Waals surface area contributed by atoms with E-state index in [-0.39, 0.29) is 20.7 Å². The van der Waals surface area contributed by atoms with Crippen LogP contribution in [0.4, 0.5) is 5.82 Å². The van der Waals surface area contributed by atoms with Crippen LogP contribution < -0.4 is 9.50 Å². The smallest absolute Gasteiger partial charge is 0.340 e. The molecule has 36 heavy (non-hydrogen) atoms. The molecule has 3 aromatic carbocycles. The fourth-order valence-electron chi connectivity index (χ4n) is 3.72. The molecule has 0 bridgehead atoms. The van der Waals surface area contributed by atoms with Gasteiger partial charge in [0.2, 0.25) is 0 Å². The van der Waals surface area contributed by atoms with E-state index in [9.17, 15) is 8.42 Å². The van der Waals surface area contributed by atoms with E-state index in [2.05, 4.69) is 21.2 Å². The Morgan fingerprint density at radius 2 is 1.69 bits per heavy atom. The third kappa shape index (κ3) is 5.08. The number of halogens is 3. The van der Waals surface area contributed by atoms with Crippen molar-refractivity contribution in [3.8, 4) is 17.0 Å². The van der Waals surface area contributed by atoms with Crippen LogP contribution in [0.15, 0.2) is 100 Å². The molecule has 182 valence electrons. The van der Waals surface area contributed by atoms with Crippen LogP contribution in [0.3, 0.4) is 0 Å². The molecule has 0 atom stereocenters. The third-order valence-electron chi connectivity index (χ3n) is 5.39. The van der Waals surface area contributed by atoms with Gasteiger partial charge in [-0.25, -0.2) is 4.98 Å². The number of aromatic nitrogens is 2. The summed E-state index contributed by atoms with van der Waals surface area (Å²) in [4.78, 5) is 4.57. The van der Waals surface area contributed by atoms with Crippen molar-refractivity contribution in [2.24, 2.45) is 0 Å². The number of pyridine rings is 1. The summed E-state index contributed by atoms with van der Waals surface area (Å²) in [6, 6.07) is 24.7. The minimum atomic E-state index is -4.28. The summed E-state index contributed by atoms with van der Waals surface area (Å²) in [5, 5.41) is 3.70. The Balaban J connectivity index is 1.60. The number of imidazole rings is 1. The number of nitrogens with one attached hydrogen (secondary N) is 1. The number of hydrogen-bond acceptors (Lipinski definition) is 5. The Kier molecular flexibility index (Phi) is 6.94. The van der Waals surface area contributed by atoms with E-state index < -0.39 is 10.1 Å². The maximum absolute atomic E-state index is 13.2. The lowest BCUT2D eigenvalue weighted by atomic mass is 10.1. The van der Waals surface area contributed by atoms with Crippen LogP contribution in [-0.2, 0) is 16.7 Å². The molecule has 10 heteroatoms. The molecule has 0 saturated heterocycles. The topological polar surface area (TPSA) is 72.7 Å². The predicted molar refractivity (Wildman–Crippen MR) is 146 cm³/mol. The highest BCUT2D eigenvalue weighted by atomic mass is 79.9. The highest BCUT2D eigenvalue weighted by Gasteiger charge is 2.25. The average molecular weight is 603 g/mol. The van der Waals surface area contributed by atoms with E-state index in [4.69, 9.17) is 32.4 Å². The SMILES string of the molecule is O=S(=O)(Oc1ccccc1-c1nc2ccc(Br)cn2c1NCc1ccccc1)c1cc(Cl)ccc1Cl. The molecule has 5 aromatic rings. The first kappa shape index (κ1) is 24.6. The van der Waals surface area contributed by atoms with Crippen molar-refractivity contribution in [1.82, 2.24) is 9.38 Å². The second-order valence-corrected chi connectivity index (χ2v) is 11.1. The monoisotopic (exact) mass is 601 g/mol. The molecule has 0 saturated carbocycles. The van der Waals surface area contributed by atoms with Gasteiger partial charge in [-0.05, 0) is 64.0 Å². The lowest BCUT2D eigenvalue weighted by Crippen LogP contribution is -2.11. The molecule has 5 rings (SSSR count). The number of fused-ring (bicyclic) bond motifs is 1. The zero-order valence-electron chi connectivity index (χ0n) is 18.5. The molecule has 0 aliphatic heterocycles. The first-order valence-electron chi connectivity index (χ1n) is 10.8. The quantitative estimate of drug-likeness (QED) is 0.196. The van der Waals surface area contributed by atoms with Gasteiger partial charge < -0.3 is 9.50 Å². The summed E-state index contributed by atoms with van der Waals surface area (Å²) in [6.07, 6.45) is 1.89. The summed E-state index contributed by atoms with van der Waals surface area (Å²) < 4.78 is 34.7. The second kappa shape index (κ2) is 10.1. The maximum Gasteiger partial charge on any atom is 0.340 e. The zero-order valence-corrected chi connectivity index (χ0v) is 22.4. The van der Waals surface area contributed by atoms with Gasteiger partial charge in [0.05, 0.1) is 5.02 Å². The molecule has 0 fully saturated rings. The van der Waals surface area contributed by atoms with Crippen molar-refractivity contribution in [3.63, 3.8) is 0 Å². The third-order valence-corrected chi connectivity index (χ3v) is 7.81. The van der Waals surface area contributed by atoms with Crippen LogP contribution in [-0.4, -0.2) is 17.8 Å². The summed E-state index contributed by atoms with van der Waals surface area (Å²) >= 11 is 15.7. The van der Waals surface area contributed by atoms with Gasteiger partial charge in [0.1, 0.15) is 22.1 Å². The van der Waals surface area contributed by atoms with E-state index in [1.165, 1.54) is 18.2 Å². The van der Waals surface area contributed by atoms with Gasteiger partial charge in [0.15, 0.2) is 5.75 Å². The Bertz CT molecular complexity index is 1680. The van der Waals surface area contributed by atoms with Crippen molar-refractivity contribution in [3.05, 3.63) is 111 Å². The number of benzene rings is 3. The number of hydrogen-bond donors (Lipinski definition) is 1. The Morgan fingerprint density at radius 3 is 2.50 bits per heavy atom. The number of nitrogens with zero attached hydrogens (tertiary/aromatic N) is 2. The minimum absolute atomic E-state index is 0.0136. The molecule has 0 aliphatic carbocycles. The highest BCUT2D eigenvalue weighted by molar-refractivity contribution is 9.10. The first-order valence-corrected chi connectivity index (χ1v) is 13.7. The van der Waals surface area contributed by atoms with Gasteiger partial charge in [-0.1, -0.05) is 65.7 Å². The van der Waals surface area contributed by atoms with Gasteiger partial charge in [0, 0.05) is 27.8 Å². The van der Waals surface area contributed by atoms with Crippen LogP contribution in [0, 0.1) is 0 Å². The van der Waals surface area contributed by atoms with E-state index in [1.54, 1.807) is 24.3 Å². The largest absolute Gasteiger partial charge is 0.378 e. The fourth-order valence-corrected chi connectivity index (χ4v) is 5.75. The molecule has 0 unspecified atom stereocenters. The molecule has 0 amide bonds. The molecule has 0 spiro atoms. The second-order valence-electron chi connectivity index (χ2n) is 7.83. The molecule has 2 aromatic heterocycles. The Labute approximate surface area is 226 Å². The van der Waals surface area contributed by atoms with Crippen molar-refractivity contribution in [2.75, 3.05) is 5.32 Å². The molecular weight excluding hydrogens is 585 g/mol. The maximum atomic E-state index is 13.2. The highest BCUT2D eigenvalue weighted by Crippen LogP contribution is 2.38. The van der Waals surface area contributed by atoms with E-state index in [1.807, 2.05) is 53.1 Å². The first-order chi connectivity index (χ1) is 17.3. The fraction of sp³-hybridized carbons (Fsp3) is 0.0385. The van der Waals surface area contributed by atoms with Gasteiger partial charge in [0.25, 0.3) is 0 Å². The Morgan fingerprint density at radius 1 is 0.944 bits per heavy atom. The molecule has 6 nitrogen and oxygen atoms in total. The van der Waals surface area contributed by atoms with Gasteiger partial charge in [-0.15, -0.1) is 0 Å². The van der Waals surface area contributed by atoms with Gasteiger partial charge in [-0.2, -0.15) is 8.42 Å². The van der Waals surface area contributed by atoms with Gasteiger partial charge >= 0.3 is 10.1 Å². The van der Waals surface area contributed by atoms with Gasteiger partial charge in [-0.3, -0.25) is 4.40 Å². The zero-order chi connectivity index (χ0) is 25.3.